The van der Waals surface area contributed by atoms with Crippen molar-refractivity contribution in [3.63, 3.8) is 0 Å². The van der Waals surface area contributed by atoms with Gasteiger partial charge in [-0.1, -0.05) is 23.4 Å². The lowest BCUT2D eigenvalue weighted by atomic mass is 10.2. The van der Waals surface area contributed by atoms with E-state index in [9.17, 15) is 0 Å². The van der Waals surface area contributed by atoms with E-state index < -0.39 is 0 Å². The first-order chi connectivity index (χ1) is 6.86. The van der Waals surface area contributed by atoms with Crippen LogP contribution in [0.15, 0.2) is 41.1 Å². The molecule has 1 aromatic heterocycles. The van der Waals surface area contributed by atoms with Crippen molar-refractivity contribution < 1.29 is 9.26 Å². The first-order valence-electron chi connectivity index (χ1n) is 4.44. The Balaban J connectivity index is 2.02. The van der Waals surface area contributed by atoms with Crippen LogP contribution in [0, 0.1) is 6.92 Å². The third kappa shape index (κ3) is 1.93. The molecule has 14 heavy (non-hydrogen) atoms. The Kier molecular flexibility index (Phi) is 2.49. The maximum absolute atomic E-state index is 5.55. The number of hydrogen-bond acceptors (Lipinski definition) is 3. The lowest BCUT2D eigenvalue weighted by Gasteiger charge is -2.05. The molecular formula is C11H11NO2. The molecule has 2 rings (SSSR count). The van der Waals surface area contributed by atoms with Gasteiger partial charge < -0.3 is 9.26 Å². The van der Waals surface area contributed by atoms with E-state index in [-0.39, 0.29) is 0 Å². The van der Waals surface area contributed by atoms with Crippen molar-refractivity contribution in [1.29, 1.82) is 0 Å². The molecule has 0 N–H and O–H groups in total. The first kappa shape index (κ1) is 8.81. The molecule has 72 valence electrons. The van der Waals surface area contributed by atoms with Crippen molar-refractivity contribution >= 4 is 0 Å². The van der Waals surface area contributed by atoms with Crippen LogP contribution < -0.4 is 4.74 Å². The Labute approximate surface area is 82.3 Å². The molecule has 0 amide bonds. The molecular weight excluding hydrogens is 178 g/mol. The van der Waals surface area contributed by atoms with Gasteiger partial charge in [0.05, 0.1) is 6.20 Å². The maximum Gasteiger partial charge on any atom is 0.174 e. The molecule has 2 aromatic rings. The van der Waals surface area contributed by atoms with Gasteiger partial charge in [0, 0.05) is 6.07 Å². The largest absolute Gasteiger partial charge is 0.485 e. The van der Waals surface area contributed by atoms with Gasteiger partial charge in [0.2, 0.25) is 0 Å². The van der Waals surface area contributed by atoms with Crippen molar-refractivity contribution in [2.45, 2.75) is 13.5 Å². The van der Waals surface area contributed by atoms with Crippen molar-refractivity contribution in [2.75, 3.05) is 0 Å². The Hall–Kier alpha value is -1.77. The molecule has 1 heterocycles. The molecule has 0 aliphatic rings. The summed E-state index contributed by atoms with van der Waals surface area (Å²) in [5.41, 5.74) is 1.12. The molecule has 0 radical (unpaired) electrons. The summed E-state index contributed by atoms with van der Waals surface area (Å²) in [7, 11) is 0. The number of aryl methyl sites for hydroxylation is 1. The summed E-state index contributed by atoms with van der Waals surface area (Å²) in [5, 5.41) is 3.60. The minimum absolute atomic E-state index is 0.421. The number of hydrogen-bond donors (Lipinski definition) is 0. The Morgan fingerprint density at radius 3 is 2.86 bits per heavy atom. The second-order valence-electron chi connectivity index (χ2n) is 3.03. The monoisotopic (exact) mass is 189 g/mol. The Morgan fingerprint density at radius 2 is 2.14 bits per heavy atom. The van der Waals surface area contributed by atoms with Gasteiger partial charge in [-0.2, -0.15) is 0 Å². The SMILES string of the molecule is Cc1ccccc1OCc1ccno1. The molecule has 0 atom stereocenters. The first-order valence-corrected chi connectivity index (χ1v) is 4.44. The number of ether oxygens (including phenoxy) is 1. The quantitative estimate of drug-likeness (QED) is 0.744. The number of para-hydroxylation sites is 1. The molecule has 0 aliphatic carbocycles. The summed E-state index contributed by atoms with van der Waals surface area (Å²) in [6, 6.07) is 9.67. The average molecular weight is 189 g/mol. The van der Waals surface area contributed by atoms with Crippen LogP contribution in [0.5, 0.6) is 5.75 Å². The fourth-order valence-electron chi connectivity index (χ4n) is 1.18. The van der Waals surface area contributed by atoms with E-state index in [0.717, 1.165) is 17.1 Å². The summed E-state index contributed by atoms with van der Waals surface area (Å²) >= 11 is 0. The van der Waals surface area contributed by atoms with Crippen molar-refractivity contribution in [3.8, 4) is 5.75 Å². The molecule has 3 nitrogen and oxygen atoms in total. The zero-order valence-electron chi connectivity index (χ0n) is 7.93. The topological polar surface area (TPSA) is 35.3 Å². The van der Waals surface area contributed by atoms with Crippen LogP contribution in [0.25, 0.3) is 0 Å². The fourth-order valence-corrected chi connectivity index (χ4v) is 1.18. The standard InChI is InChI=1S/C11H11NO2/c1-9-4-2-3-5-11(9)13-8-10-6-7-12-14-10/h2-7H,8H2,1H3. The summed E-state index contributed by atoms with van der Waals surface area (Å²) in [4.78, 5) is 0. The predicted molar refractivity (Wildman–Crippen MR) is 52.0 cm³/mol. The summed E-state index contributed by atoms with van der Waals surface area (Å²) < 4.78 is 10.5. The van der Waals surface area contributed by atoms with Crippen molar-refractivity contribution in [3.05, 3.63) is 47.9 Å². The van der Waals surface area contributed by atoms with E-state index in [1.54, 1.807) is 12.3 Å². The van der Waals surface area contributed by atoms with Crippen molar-refractivity contribution in [1.82, 2.24) is 5.16 Å². The highest BCUT2D eigenvalue weighted by molar-refractivity contribution is 5.31. The molecule has 0 saturated carbocycles. The van der Waals surface area contributed by atoms with Crippen LogP contribution in [-0.2, 0) is 6.61 Å². The highest BCUT2D eigenvalue weighted by Crippen LogP contribution is 2.17. The van der Waals surface area contributed by atoms with Crippen LogP contribution in [0.4, 0.5) is 0 Å². The van der Waals surface area contributed by atoms with Gasteiger partial charge in [-0.25, -0.2) is 0 Å². The third-order valence-corrected chi connectivity index (χ3v) is 1.95. The van der Waals surface area contributed by atoms with Gasteiger partial charge >= 0.3 is 0 Å². The minimum atomic E-state index is 0.421. The molecule has 0 fully saturated rings. The van der Waals surface area contributed by atoms with Crippen LogP contribution in [-0.4, -0.2) is 5.16 Å². The van der Waals surface area contributed by atoms with Gasteiger partial charge in [-0.3, -0.25) is 0 Å². The number of rotatable bonds is 3. The molecule has 3 heteroatoms. The highest BCUT2D eigenvalue weighted by atomic mass is 16.5. The molecule has 0 bridgehead atoms. The van der Waals surface area contributed by atoms with E-state index in [4.69, 9.17) is 9.26 Å². The molecule has 0 aliphatic heterocycles. The highest BCUT2D eigenvalue weighted by Gasteiger charge is 2.00. The van der Waals surface area contributed by atoms with Gasteiger partial charge in [0.1, 0.15) is 12.4 Å². The van der Waals surface area contributed by atoms with Gasteiger partial charge in [0.25, 0.3) is 0 Å². The molecule has 0 unspecified atom stereocenters. The van der Waals surface area contributed by atoms with E-state index >= 15 is 0 Å². The second-order valence-corrected chi connectivity index (χ2v) is 3.03. The van der Waals surface area contributed by atoms with E-state index in [1.807, 2.05) is 31.2 Å². The van der Waals surface area contributed by atoms with Gasteiger partial charge in [0.15, 0.2) is 5.76 Å². The number of aromatic nitrogens is 1. The molecule has 0 saturated heterocycles. The van der Waals surface area contributed by atoms with Crippen LogP contribution >= 0.6 is 0 Å². The van der Waals surface area contributed by atoms with E-state index in [1.165, 1.54) is 0 Å². The van der Waals surface area contributed by atoms with E-state index in [0.29, 0.717) is 6.61 Å². The summed E-state index contributed by atoms with van der Waals surface area (Å²) in [6.07, 6.45) is 1.61. The predicted octanol–water partition coefficient (Wildman–Crippen LogP) is 2.56. The Morgan fingerprint density at radius 1 is 1.29 bits per heavy atom. The summed E-state index contributed by atoms with van der Waals surface area (Å²) in [5.74, 6) is 1.61. The van der Waals surface area contributed by atoms with Crippen LogP contribution in [0.2, 0.25) is 0 Å². The molecule has 1 aromatic carbocycles. The van der Waals surface area contributed by atoms with Gasteiger partial charge in [-0.15, -0.1) is 0 Å². The van der Waals surface area contributed by atoms with Crippen molar-refractivity contribution in [2.24, 2.45) is 0 Å². The third-order valence-electron chi connectivity index (χ3n) is 1.95. The number of nitrogens with zero attached hydrogens (tertiary/aromatic N) is 1. The minimum Gasteiger partial charge on any atom is -0.485 e. The number of benzene rings is 1. The van der Waals surface area contributed by atoms with E-state index in [2.05, 4.69) is 5.16 Å². The smallest absolute Gasteiger partial charge is 0.174 e. The zero-order valence-corrected chi connectivity index (χ0v) is 7.93. The molecule has 0 spiro atoms. The van der Waals surface area contributed by atoms with Crippen LogP contribution in [0.3, 0.4) is 0 Å². The Bertz CT molecular complexity index is 395. The fraction of sp³-hybridized carbons (Fsp3) is 0.182. The maximum atomic E-state index is 5.55. The lowest BCUT2D eigenvalue weighted by Crippen LogP contribution is -1.95. The lowest BCUT2D eigenvalue weighted by molar-refractivity contribution is 0.248. The van der Waals surface area contributed by atoms with Gasteiger partial charge in [-0.05, 0) is 18.6 Å². The summed E-state index contributed by atoms with van der Waals surface area (Å²) in [6.45, 7) is 2.43. The zero-order chi connectivity index (χ0) is 9.80. The average Bonchev–Trinajstić information content (AvgIpc) is 2.69. The van der Waals surface area contributed by atoms with Crippen LogP contribution in [0.1, 0.15) is 11.3 Å². The second kappa shape index (κ2) is 3.96. The normalized spacial score (nSPS) is 10.1.